The lowest BCUT2D eigenvalue weighted by Gasteiger charge is -2.19. The van der Waals surface area contributed by atoms with Gasteiger partial charge in [-0.05, 0) is 44.0 Å². The second-order valence-electron chi connectivity index (χ2n) is 6.88. The number of para-hydroxylation sites is 1. The zero-order valence-electron chi connectivity index (χ0n) is 16.5. The molecule has 1 aromatic heterocycles. The lowest BCUT2D eigenvalue weighted by molar-refractivity contribution is -0.118. The molecule has 0 spiro atoms. The van der Waals surface area contributed by atoms with Crippen LogP contribution < -0.4 is 16.0 Å². The quantitative estimate of drug-likeness (QED) is 0.473. The Morgan fingerprint density at radius 1 is 1.03 bits per heavy atom. The molecule has 5 nitrogen and oxygen atoms in total. The maximum atomic E-state index is 13.0. The summed E-state index contributed by atoms with van der Waals surface area (Å²) in [6, 6.07) is 19.6. The minimum atomic E-state index is -0.334. The van der Waals surface area contributed by atoms with Crippen LogP contribution in [0.3, 0.4) is 0 Å². The molecule has 0 bridgehead atoms. The van der Waals surface area contributed by atoms with Gasteiger partial charge in [0.25, 0.3) is 0 Å². The fourth-order valence-corrected chi connectivity index (χ4v) is 3.28. The zero-order valence-corrected chi connectivity index (χ0v) is 17.3. The summed E-state index contributed by atoms with van der Waals surface area (Å²) in [6.07, 6.45) is 3.23. The summed E-state index contributed by atoms with van der Waals surface area (Å²) >= 11 is 5.08. The van der Waals surface area contributed by atoms with E-state index in [0.29, 0.717) is 19.5 Å². The van der Waals surface area contributed by atoms with Crippen molar-refractivity contribution in [2.75, 3.05) is 18.4 Å². The van der Waals surface area contributed by atoms with Crippen molar-refractivity contribution in [3.8, 4) is 0 Å². The van der Waals surface area contributed by atoms with Gasteiger partial charge < -0.3 is 16.0 Å². The van der Waals surface area contributed by atoms with E-state index >= 15 is 0 Å². The number of aromatic nitrogens is 1. The Morgan fingerprint density at radius 3 is 2.62 bits per heavy atom. The van der Waals surface area contributed by atoms with Crippen molar-refractivity contribution >= 4 is 39.7 Å². The van der Waals surface area contributed by atoms with E-state index in [-0.39, 0.29) is 11.9 Å². The van der Waals surface area contributed by atoms with Gasteiger partial charge in [-0.2, -0.15) is 0 Å². The summed E-state index contributed by atoms with van der Waals surface area (Å²) in [6.45, 7) is 3.20. The molecule has 29 heavy (non-hydrogen) atoms. The summed E-state index contributed by atoms with van der Waals surface area (Å²) in [5, 5.41) is 10.6. The van der Waals surface area contributed by atoms with Crippen LogP contribution in [0.25, 0.3) is 10.9 Å². The highest BCUT2D eigenvalue weighted by Gasteiger charge is 2.18. The Kier molecular flexibility index (Phi) is 7.67. The van der Waals surface area contributed by atoms with Crippen LogP contribution in [0.4, 0.5) is 5.69 Å². The molecule has 1 heterocycles. The largest absolute Gasteiger partial charge is 0.380 e. The molecule has 0 fully saturated rings. The molecule has 150 valence electrons. The molecule has 1 amide bonds. The molecule has 0 aliphatic heterocycles. The number of nitrogens with one attached hydrogen (secondary N) is 3. The van der Waals surface area contributed by atoms with Gasteiger partial charge in [0.15, 0.2) is 0 Å². The minimum Gasteiger partial charge on any atom is -0.380 e. The topological polar surface area (TPSA) is 66.0 Å². The Morgan fingerprint density at radius 2 is 1.83 bits per heavy atom. The second kappa shape index (κ2) is 10.6. The van der Waals surface area contributed by atoms with Crippen molar-refractivity contribution in [2.45, 2.75) is 25.8 Å². The van der Waals surface area contributed by atoms with Gasteiger partial charge in [-0.3, -0.25) is 9.78 Å². The minimum absolute atomic E-state index is 0.0694. The molecule has 3 rings (SSSR count). The summed E-state index contributed by atoms with van der Waals surface area (Å²) in [7, 11) is 0. The van der Waals surface area contributed by atoms with E-state index in [2.05, 4.69) is 33.1 Å². The van der Waals surface area contributed by atoms with Crippen LogP contribution in [0, 0.1) is 0 Å². The highest BCUT2D eigenvalue weighted by Crippen LogP contribution is 2.20. The third-order valence-corrected chi connectivity index (χ3v) is 4.81. The van der Waals surface area contributed by atoms with Gasteiger partial charge in [-0.15, -0.1) is 0 Å². The van der Waals surface area contributed by atoms with Gasteiger partial charge >= 0.3 is 0 Å². The van der Waals surface area contributed by atoms with Crippen molar-refractivity contribution < 1.29 is 4.79 Å². The molecule has 0 radical (unpaired) electrons. The van der Waals surface area contributed by atoms with E-state index in [1.165, 1.54) is 5.56 Å². The van der Waals surface area contributed by atoms with Gasteiger partial charge in [0.2, 0.25) is 5.91 Å². The first-order valence-electron chi connectivity index (χ1n) is 9.80. The molecule has 0 saturated heterocycles. The number of rotatable bonds is 9. The number of fused-ring (bicyclic) bond motifs is 1. The number of amides is 1. The average Bonchev–Trinajstić information content (AvgIpc) is 2.73. The van der Waals surface area contributed by atoms with E-state index in [1.807, 2.05) is 55.5 Å². The molecule has 2 aromatic carbocycles. The first-order chi connectivity index (χ1) is 14.1. The van der Waals surface area contributed by atoms with Crippen molar-refractivity contribution in [1.82, 2.24) is 15.6 Å². The molecule has 1 atom stereocenters. The molecular formula is C23H26N4OS. The fraction of sp³-hybridized carbons (Fsp3) is 0.261. The first kappa shape index (κ1) is 20.9. The summed E-state index contributed by atoms with van der Waals surface area (Å²) in [5.41, 5.74) is 2.76. The van der Waals surface area contributed by atoms with Crippen LogP contribution in [0.15, 0.2) is 66.9 Å². The molecule has 0 aliphatic carbocycles. The Balaban J connectivity index is 1.66. The van der Waals surface area contributed by atoms with E-state index in [9.17, 15) is 4.79 Å². The molecule has 6 heteroatoms. The van der Waals surface area contributed by atoms with Gasteiger partial charge in [-0.25, -0.2) is 0 Å². The van der Waals surface area contributed by atoms with Gasteiger partial charge in [-0.1, -0.05) is 60.7 Å². The van der Waals surface area contributed by atoms with Crippen molar-refractivity contribution in [1.29, 1.82) is 0 Å². The summed E-state index contributed by atoms with van der Waals surface area (Å²) in [5.74, 6) is -0.0694. The van der Waals surface area contributed by atoms with Gasteiger partial charge in [0, 0.05) is 18.1 Å². The van der Waals surface area contributed by atoms with Crippen LogP contribution in [0.2, 0.25) is 0 Å². The maximum Gasteiger partial charge on any atom is 0.241 e. The number of anilines is 1. The number of carbonyl (C=O) groups excluding carboxylic acids is 1. The number of thiocarbonyl (C=S) groups is 1. The molecule has 0 aliphatic rings. The standard InChI is InChI=1S/C23H26N4OS/c1-17(29)24-16-13-21(25-15-12-18-7-3-2-4-8-18)23(28)27-20-11-5-9-19-10-6-14-26-22(19)20/h2-11,14,21,25H,12-13,15-16H2,1H3,(H,24,29)(H,27,28)/t21-/m0/s1. The lowest BCUT2D eigenvalue weighted by atomic mass is 10.1. The number of carbonyl (C=O) groups is 1. The van der Waals surface area contributed by atoms with Gasteiger partial charge in [0.1, 0.15) is 0 Å². The number of hydrogen-bond acceptors (Lipinski definition) is 4. The average molecular weight is 407 g/mol. The zero-order chi connectivity index (χ0) is 20.5. The second-order valence-corrected chi connectivity index (χ2v) is 7.50. The normalized spacial score (nSPS) is 11.8. The van der Waals surface area contributed by atoms with Crippen LogP contribution in [-0.2, 0) is 11.2 Å². The Bertz CT molecular complexity index is 956. The lowest BCUT2D eigenvalue weighted by Crippen LogP contribution is -2.43. The molecule has 0 saturated carbocycles. The van der Waals surface area contributed by atoms with Gasteiger partial charge in [0.05, 0.1) is 22.2 Å². The van der Waals surface area contributed by atoms with Crippen LogP contribution in [-0.4, -0.2) is 35.0 Å². The summed E-state index contributed by atoms with van der Waals surface area (Å²) < 4.78 is 0. The van der Waals surface area contributed by atoms with Crippen molar-refractivity contribution in [3.05, 3.63) is 72.4 Å². The third-order valence-electron chi connectivity index (χ3n) is 4.66. The SMILES string of the molecule is CC(=S)NCC[C@H](NCCc1ccccc1)C(=O)Nc1cccc2cccnc12. The monoisotopic (exact) mass is 406 g/mol. The maximum absolute atomic E-state index is 13.0. The smallest absolute Gasteiger partial charge is 0.241 e. The first-order valence-corrected chi connectivity index (χ1v) is 10.2. The highest BCUT2D eigenvalue weighted by molar-refractivity contribution is 7.80. The van der Waals surface area contributed by atoms with Crippen LogP contribution in [0.5, 0.6) is 0 Å². The number of nitrogens with zero attached hydrogens (tertiary/aromatic N) is 1. The molecular weight excluding hydrogens is 380 g/mol. The Labute approximate surface area is 176 Å². The number of pyridine rings is 1. The summed E-state index contributed by atoms with van der Waals surface area (Å²) in [4.78, 5) is 18.2. The van der Waals surface area contributed by atoms with E-state index < -0.39 is 0 Å². The van der Waals surface area contributed by atoms with E-state index in [0.717, 1.165) is 28.0 Å². The molecule has 3 N–H and O–H groups in total. The van der Waals surface area contributed by atoms with E-state index in [4.69, 9.17) is 12.2 Å². The predicted molar refractivity (Wildman–Crippen MR) is 123 cm³/mol. The fourth-order valence-electron chi connectivity index (χ4n) is 3.18. The van der Waals surface area contributed by atoms with Crippen molar-refractivity contribution in [2.24, 2.45) is 0 Å². The van der Waals surface area contributed by atoms with Crippen LogP contribution >= 0.6 is 12.2 Å². The van der Waals surface area contributed by atoms with Crippen molar-refractivity contribution in [3.63, 3.8) is 0 Å². The highest BCUT2D eigenvalue weighted by atomic mass is 32.1. The Hall–Kier alpha value is -2.83. The molecule has 3 aromatic rings. The van der Waals surface area contributed by atoms with E-state index in [1.54, 1.807) is 6.20 Å². The number of hydrogen-bond donors (Lipinski definition) is 3. The predicted octanol–water partition coefficient (Wildman–Crippen LogP) is 3.70. The number of benzene rings is 2. The third kappa shape index (κ3) is 6.34. The van der Waals surface area contributed by atoms with Crippen LogP contribution in [0.1, 0.15) is 18.9 Å². The molecule has 0 unspecified atom stereocenters.